The third-order valence-electron chi connectivity index (χ3n) is 4.14. The Morgan fingerprint density at radius 1 is 0.931 bits per heavy atom. The first kappa shape index (κ1) is 19.2. The predicted octanol–water partition coefficient (Wildman–Crippen LogP) is 4.38. The number of aromatic amines is 1. The van der Waals surface area contributed by atoms with Crippen LogP contribution in [-0.2, 0) is 10.0 Å². The smallest absolute Gasteiger partial charge is 0.261 e. The zero-order chi connectivity index (χ0) is 20.4. The van der Waals surface area contributed by atoms with Crippen molar-refractivity contribution in [3.63, 3.8) is 0 Å². The van der Waals surface area contributed by atoms with E-state index in [-0.39, 0.29) is 10.8 Å². The van der Waals surface area contributed by atoms with Gasteiger partial charge in [-0.2, -0.15) is 0 Å². The molecule has 0 aliphatic carbocycles. The number of imidazole rings is 1. The number of nitrogens with zero attached hydrogens (tertiary/aromatic N) is 1. The van der Waals surface area contributed by atoms with Gasteiger partial charge in [-0.25, -0.2) is 13.4 Å². The number of fused-ring (bicyclic) bond motifs is 1. The quantitative estimate of drug-likeness (QED) is 0.402. The molecule has 9 heteroatoms. The molecule has 0 bridgehead atoms. The number of hydrogen-bond acceptors (Lipinski definition) is 4. The van der Waals surface area contributed by atoms with Crippen LogP contribution in [0.1, 0.15) is 10.4 Å². The van der Waals surface area contributed by atoms with E-state index in [1.807, 2.05) is 24.3 Å². The summed E-state index contributed by atoms with van der Waals surface area (Å²) in [7, 11) is -3.71. The van der Waals surface area contributed by atoms with Crippen LogP contribution < -0.4 is 10.0 Å². The SMILES string of the molecule is O=C(Nc1nc2ccccc2[nH]1)c1ccc(NS(=O)(=O)c2ccc(Br)cc2)cc1. The molecular weight excluding hydrogens is 456 g/mol. The number of rotatable bonds is 5. The van der Waals surface area contributed by atoms with E-state index in [4.69, 9.17) is 0 Å². The number of carbonyl (C=O) groups excluding carboxylic acids is 1. The Morgan fingerprint density at radius 3 is 2.31 bits per heavy atom. The summed E-state index contributed by atoms with van der Waals surface area (Å²) in [6.45, 7) is 0. The number of anilines is 2. The molecule has 1 aromatic heterocycles. The fourth-order valence-corrected chi connectivity index (χ4v) is 4.03. The van der Waals surface area contributed by atoms with Gasteiger partial charge in [-0.1, -0.05) is 28.1 Å². The highest BCUT2D eigenvalue weighted by Gasteiger charge is 2.15. The largest absolute Gasteiger partial charge is 0.324 e. The number of carbonyl (C=O) groups is 1. The van der Waals surface area contributed by atoms with Crippen LogP contribution >= 0.6 is 15.9 Å². The zero-order valence-corrected chi connectivity index (χ0v) is 17.3. The highest BCUT2D eigenvalue weighted by molar-refractivity contribution is 9.10. The highest BCUT2D eigenvalue weighted by atomic mass is 79.9. The number of halogens is 1. The van der Waals surface area contributed by atoms with Gasteiger partial charge in [0.05, 0.1) is 15.9 Å². The van der Waals surface area contributed by atoms with Gasteiger partial charge < -0.3 is 4.98 Å². The van der Waals surface area contributed by atoms with Crippen molar-refractivity contribution in [2.75, 3.05) is 10.0 Å². The number of sulfonamides is 1. The van der Waals surface area contributed by atoms with E-state index in [2.05, 4.69) is 35.9 Å². The normalized spacial score (nSPS) is 11.3. The maximum absolute atomic E-state index is 12.4. The van der Waals surface area contributed by atoms with Gasteiger partial charge in [0.2, 0.25) is 5.95 Å². The first-order valence-electron chi connectivity index (χ1n) is 8.55. The maximum atomic E-state index is 12.4. The molecule has 0 atom stereocenters. The summed E-state index contributed by atoms with van der Waals surface area (Å²) in [4.78, 5) is 19.9. The average molecular weight is 471 g/mol. The summed E-state index contributed by atoms with van der Waals surface area (Å²) in [5.41, 5.74) is 2.30. The lowest BCUT2D eigenvalue weighted by Gasteiger charge is -2.09. The Hall–Kier alpha value is -3.17. The Bertz CT molecular complexity index is 1250. The van der Waals surface area contributed by atoms with E-state index in [9.17, 15) is 13.2 Å². The molecule has 0 radical (unpaired) electrons. The Labute approximate surface area is 175 Å². The zero-order valence-electron chi connectivity index (χ0n) is 14.9. The van der Waals surface area contributed by atoms with E-state index in [1.54, 1.807) is 12.1 Å². The molecular formula is C20H15BrN4O3S. The van der Waals surface area contributed by atoms with E-state index in [0.29, 0.717) is 17.2 Å². The topological polar surface area (TPSA) is 104 Å². The van der Waals surface area contributed by atoms with Crippen molar-refractivity contribution in [2.45, 2.75) is 4.90 Å². The van der Waals surface area contributed by atoms with Gasteiger partial charge >= 0.3 is 0 Å². The molecule has 0 aliphatic rings. The summed E-state index contributed by atoms with van der Waals surface area (Å²) < 4.78 is 28.2. The number of nitrogens with one attached hydrogen (secondary N) is 3. The Kier molecular flexibility index (Phi) is 5.08. The molecule has 0 saturated heterocycles. The summed E-state index contributed by atoms with van der Waals surface area (Å²) in [5.74, 6) is -0.0115. The number of amides is 1. The summed E-state index contributed by atoms with van der Waals surface area (Å²) >= 11 is 3.27. The fourth-order valence-electron chi connectivity index (χ4n) is 2.71. The number of H-pyrrole nitrogens is 1. The van der Waals surface area contributed by atoms with Crippen LogP contribution in [0.4, 0.5) is 11.6 Å². The van der Waals surface area contributed by atoms with Crippen LogP contribution in [0.25, 0.3) is 11.0 Å². The van der Waals surface area contributed by atoms with Crippen LogP contribution in [0, 0.1) is 0 Å². The Morgan fingerprint density at radius 2 is 1.62 bits per heavy atom. The molecule has 0 spiro atoms. The number of hydrogen-bond donors (Lipinski definition) is 3. The molecule has 0 fully saturated rings. The summed E-state index contributed by atoms with van der Waals surface area (Å²) in [6, 6.07) is 19.9. The third-order valence-corrected chi connectivity index (χ3v) is 6.07. The van der Waals surface area contributed by atoms with Crippen LogP contribution in [0.5, 0.6) is 0 Å². The van der Waals surface area contributed by atoms with Gasteiger partial charge in [-0.15, -0.1) is 0 Å². The van der Waals surface area contributed by atoms with E-state index in [1.165, 1.54) is 36.4 Å². The molecule has 3 N–H and O–H groups in total. The summed E-state index contributed by atoms with van der Waals surface area (Å²) in [6.07, 6.45) is 0. The van der Waals surface area contributed by atoms with E-state index >= 15 is 0 Å². The van der Waals surface area contributed by atoms with Crippen LogP contribution in [0.2, 0.25) is 0 Å². The number of benzene rings is 3. The van der Waals surface area contributed by atoms with Crippen molar-refractivity contribution in [3.8, 4) is 0 Å². The van der Waals surface area contributed by atoms with Crippen molar-refractivity contribution in [2.24, 2.45) is 0 Å². The highest BCUT2D eigenvalue weighted by Crippen LogP contribution is 2.20. The second-order valence-electron chi connectivity index (χ2n) is 6.19. The molecule has 0 saturated carbocycles. The monoisotopic (exact) mass is 470 g/mol. The van der Waals surface area contributed by atoms with Crippen LogP contribution in [0.15, 0.2) is 82.2 Å². The molecule has 146 valence electrons. The van der Waals surface area contributed by atoms with Gasteiger partial charge in [-0.3, -0.25) is 14.8 Å². The molecule has 0 aliphatic heterocycles. The maximum Gasteiger partial charge on any atom is 0.261 e. The fraction of sp³-hybridized carbons (Fsp3) is 0. The standard InChI is InChI=1S/C20H15BrN4O3S/c21-14-7-11-16(12-8-14)29(27,28)25-15-9-5-13(6-10-15)19(26)24-20-22-17-3-1-2-4-18(17)23-20/h1-12,25H,(H2,22,23,24,26). The second kappa shape index (κ2) is 7.69. The first-order chi connectivity index (χ1) is 13.9. The van der Waals surface area contributed by atoms with Crippen molar-refractivity contribution < 1.29 is 13.2 Å². The average Bonchev–Trinajstić information content (AvgIpc) is 3.11. The van der Waals surface area contributed by atoms with Gasteiger partial charge in [0.25, 0.3) is 15.9 Å². The van der Waals surface area contributed by atoms with E-state index < -0.39 is 10.0 Å². The lowest BCUT2D eigenvalue weighted by Crippen LogP contribution is -2.14. The van der Waals surface area contributed by atoms with Crippen molar-refractivity contribution >= 4 is 54.5 Å². The van der Waals surface area contributed by atoms with Crippen molar-refractivity contribution in [1.82, 2.24) is 9.97 Å². The lowest BCUT2D eigenvalue weighted by molar-refractivity contribution is 0.102. The van der Waals surface area contributed by atoms with Gasteiger partial charge in [-0.05, 0) is 60.7 Å². The van der Waals surface area contributed by atoms with Gasteiger partial charge in [0.15, 0.2) is 0 Å². The molecule has 0 unspecified atom stereocenters. The molecule has 1 amide bonds. The molecule has 4 aromatic rings. The molecule has 7 nitrogen and oxygen atoms in total. The van der Waals surface area contributed by atoms with Gasteiger partial charge in [0.1, 0.15) is 0 Å². The molecule has 3 aromatic carbocycles. The van der Waals surface area contributed by atoms with Crippen molar-refractivity contribution in [3.05, 3.63) is 82.8 Å². The predicted molar refractivity (Wildman–Crippen MR) is 115 cm³/mol. The van der Waals surface area contributed by atoms with E-state index in [0.717, 1.165) is 15.5 Å². The van der Waals surface area contributed by atoms with Crippen LogP contribution in [-0.4, -0.2) is 24.3 Å². The van der Waals surface area contributed by atoms with Crippen LogP contribution in [0.3, 0.4) is 0 Å². The van der Waals surface area contributed by atoms with Crippen molar-refractivity contribution in [1.29, 1.82) is 0 Å². The minimum atomic E-state index is -3.71. The van der Waals surface area contributed by atoms with Gasteiger partial charge in [0, 0.05) is 15.7 Å². The summed E-state index contributed by atoms with van der Waals surface area (Å²) in [5, 5.41) is 2.70. The lowest BCUT2D eigenvalue weighted by atomic mass is 10.2. The Balaban J connectivity index is 1.46. The minimum Gasteiger partial charge on any atom is -0.324 e. The molecule has 4 rings (SSSR count). The minimum absolute atomic E-state index is 0.146. The molecule has 29 heavy (non-hydrogen) atoms. The molecule has 1 heterocycles. The number of para-hydroxylation sites is 2. The first-order valence-corrected chi connectivity index (χ1v) is 10.8. The number of aromatic nitrogens is 2. The third kappa shape index (κ3) is 4.30. The second-order valence-corrected chi connectivity index (χ2v) is 8.79.